The summed E-state index contributed by atoms with van der Waals surface area (Å²) >= 11 is 0. The molecule has 0 amide bonds. The average Bonchev–Trinajstić information content (AvgIpc) is 2.32. The maximum Gasteiger partial charge on any atom is 0.0646 e. The first-order valence-electron chi connectivity index (χ1n) is 6.78. The second-order valence-electron chi connectivity index (χ2n) is 5.65. The zero-order chi connectivity index (χ0) is 11.6. The summed E-state index contributed by atoms with van der Waals surface area (Å²) in [7, 11) is 2.20. The zero-order valence-electron chi connectivity index (χ0n) is 10.8. The monoisotopic (exact) mass is 226 g/mol. The van der Waals surface area contributed by atoms with Crippen LogP contribution in [0.25, 0.3) is 0 Å². The maximum absolute atomic E-state index is 10.2. The van der Waals surface area contributed by atoms with Crippen molar-refractivity contribution in [3.05, 3.63) is 0 Å². The van der Waals surface area contributed by atoms with Crippen LogP contribution in [0.4, 0.5) is 0 Å². The van der Waals surface area contributed by atoms with Gasteiger partial charge in [-0.3, -0.25) is 4.90 Å². The highest BCUT2D eigenvalue weighted by atomic mass is 16.3. The molecule has 2 aliphatic rings. The van der Waals surface area contributed by atoms with Crippen molar-refractivity contribution in [1.82, 2.24) is 9.80 Å². The number of likely N-dealkylation sites (N-methyl/N-ethyl adjacent to an activating group) is 1. The fourth-order valence-corrected chi connectivity index (χ4v) is 3.05. The molecule has 1 saturated carbocycles. The average molecular weight is 226 g/mol. The second kappa shape index (κ2) is 5.03. The first-order valence-corrected chi connectivity index (χ1v) is 6.78. The quantitative estimate of drug-likeness (QED) is 0.769. The largest absolute Gasteiger partial charge is 0.390 e. The molecular formula is C13H26N2O. The highest BCUT2D eigenvalue weighted by Gasteiger charge is 2.34. The molecular weight excluding hydrogens is 200 g/mol. The lowest BCUT2D eigenvalue weighted by molar-refractivity contribution is -0.0286. The molecule has 2 rings (SSSR count). The topological polar surface area (TPSA) is 26.7 Å². The Morgan fingerprint density at radius 3 is 2.19 bits per heavy atom. The minimum atomic E-state index is -0.344. The van der Waals surface area contributed by atoms with E-state index in [1.54, 1.807) is 0 Å². The summed E-state index contributed by atoms with van der Waals surface area (Å²) in [5.41, 5.74) is -0.344. The van der Waals surface area contributed by atoms with Gasteiger partial charge in [-0.15, -0.1) is 0 Å². The molecule has 0 aromatic heterocycles. The van der Waals surface area contributed by atoms with E-state index in [0.717, 1.165) is 25.3 Å². The molecule has 3 nitrogen and oxygen atoms in total. The summed E-state index contributed by atoms with van der Waals surface area (Å²) in [6.07, 6.45) is 5.30. The van der Waals surface area contributed by atoms with Crippen molar-refractivity contribution in [2.24, 2.45) is 0 Å². The van der Waals surface area contributed by atoms with Gasteiger partial charge in [0.2, 0.25) is 0 Å². The Hall–Kier alpha value is -0.120. The predicted molar refractivity (Wildman–Crippen MR) is 66.6 cm³/mol. The van der Waals surface area contributed by atoms with E-state index in [0.29, 0.717) is 0 Å². The molecule has 0 radical (unpaired) electrons. The molecule has 0 unspecified atom stereocenters. The summed E-state index contributed by atoms with van der Waals surface area (Å²) in [5, 5.41) is 10.2. The van der Waals surface area contributed by atoms with Crippen LogP contribution >= 0.6 is 0 Å². The van der Waals surface area contributed by atoms with Crippen LogP contribution in [-0.4, -0.2) is 59.8 Å². The lowest BCUT2D eigenvalue weighted by Gasteiger charge is -2.43. The molecule has 0 bridgehead atoms. The van der Waals surface area contributed by atoms with Gasteiger partial charge in [0.05, 0.1) is 5.60 Å². The van der Waals surface area contributed by atoms with Crippen molar-refractivity contribution in [1.29, 1.82) is 0 Å². The lowest BCUT2D eigenvalue weighted by Crippen LogP contribution is -2.51. The van der Waals surface area contributed by atoms with E-state index in [1.165, 1.54) is 39.0 Å². The standard InChI is InChI=1S/C13H26N2O/c1-3-13(16)6-4-12(5-7-13)15-10-8-14(2)9-11-15/h12,16H,3-11H2,1-2H3. The smallest absolute Gasteiger partial charge is 0.0646 e. The van der Waals surface area contributed by atoms with Gasteiger partial charge in [0, 0.05) is 32.2 Å². The number of piperazine rings is 1. The van der Waals surface area contributed by atoms with Crippen molar-refractivity contribution in [2.45, 2.75) is 50.7 Å². The first kappa shape index (κ1) is 12.3. The van der Waals surface area contributed by atoms with Gasteiger partial charge < -0.3 is 10.0 Å². The Kier molecular flexibility index (Phi) is 3.88. The van der Waals surface area contributed by atoms with Gasteiger partial charge >= 0.3 is 0 Å². The Bertz CT molecular complexity index is 216. The molecule has 1 N–H and O–H groups in total. The molecule has 2 fully saturated rings. The fraction of sp³-hybridized carbons (Fsp3) is 1.00. The van der Waals surface area contributed by atoms with Crippen LogP contribution in [0.1, 0.15) is 39.0 Å². The number of nitrogens with zero attached hydrogens (tertiary/aromatic N) is 2. The van der Waals surface area contributed by atoms with E-state index >= 15 is 0 Å². The Labute approximate surface area is 99.4 Å². The van der Waals surface area contributed by atoms with E-state index in [4.69, 9.17) is 0 Å². The van der Waals surface area contributed by atoms with Gasteiger partial charge in [-0.2, -0.15) is 0 Å². The number of hydrogen-bond donors (Lipinski definition) is 1. The minimum Gasteiger partial charge on any atom is -0.390 e. The van der Waals surface area contributed by atoms with E-state index in [9.17, 15) is 5.11 Å². The van der Waals surface area contributed by atoms with E-state index < -0.39 is 0 Å². The predicted octanol–water partition coefficient (Wildman–Crippen LogP) is 1.32. The van der Waals surface area contributed by atoms with E-state index in [2.05, 4.69) is 23.8 Å². The summed E-state index contributed by atoms with van der Waals surface area (Å²) < 4.78 is 0. The SMILES string of the molecule is CCC1(O)CCC(N2CCN(C)CC2)CC1. The third kappa shape index (κ3) is 2.76. The van der Waals surface area contributed by atoms with Gasteiger partial charge in [-0.05, 0) is 39.2 Å². The minimum absolute atomic E-state index is 0.344. The molecule has 0 atom stereocenters. The molecule has 16 heavy (non-hydrogen) atoms. The van der Waals surface area contributed by atoms with Gasteiger partial charge in [-0.25, -0.2) is 0 Å². The van der Waals surface area contributed by atoms with Crippen molar-refractivity contribution < 1.29 is 5.11 Å². The molecule has 0 aromatic rings. The second-order valence-corrected chi connectivity index (χ2v) is 5.65. The van der Waals surface area contributed by atoms with Crippen molar-refractivity contribution in [2.75, 3.05) is 33.2 Å². The molecule has 1 saturated heterocycles. The van der Waals surface area contributed by atoms with Crippen molar-refractivity contribution >= 4 is 0 Å². The lowest BCUT2D eigenvalue weighted by atomic mass is 9.80. The maximum atomic E-state index is 10.2. The Morgan fingerprint density at radius 2 is 1.69 bits per heavy atom. The van der Waals surface area contributed by atoms with Crippen molar-refractivity contribution in [3.8, 4) is 0 Å². The summed E-state index contributed by atoms with van der Waals surface area (Å²) in [5.74, 6) is 0. The van der Waals surface area contributed by atoms with Crippen LogP contribution in [0.2, 0.25) is 0 Å². The summed E-state index contributed by atoms with van der Waals surface area (Å²) in [6.45, 7) is 6.94. The van der Waals surface area contributed by atoms with Gasteiger partial charge in [0.15, 0.2) is 0 Å². The molecule has 1 aliphatic heterocycles. The fourth-order valence-electron chi connectivity index (χ4n) is 3.05. The van der Waals surface area contributed by atoms with Crippen LogP contribution in [0.5, 0.6) is 0 Å². The molecule has 1 aliphatic carbocycles. The third-order valence-corrected chi connectivity index (χ3v) is 4.60. The number of aliphatic hydroxyl groups is 1. The normalized spacial score (nSPS) is 38.8. The van der Waals surface area contributed by atoms with Crippen LogP contribution < -0.4 is 0 Å². The Morgan fingerprint density at radius 1 is 1.12 bits per heavy atom. The van der Waals surface area contributed by atoms with Crippen molar-refractivity contribution in [3.63, 3.8) is 0 Å². The highest BCUT2D eigenvalue weighted by Crippen LogP contribution is 2.33. The third-order valence-electron chi connectivity index (χ3n) is 4.60. The van der Waals surface area contributed by atoms with Crippen LogP contribution in [0.3, 0.4) is 0 Å². The van der Waals surface area contributed by atoms with E-state index in [1.807, 2.05) is 0 Å². The molecule has 0 aromatic carbocycles. The molecule has 94 valence electrons. The first-order chi connectivity index (χ1) is 7.63. The van der Waals surface area contributed by atoms with Gasteiger partial charge in [-0.1, -0.05) is 6.92 Å². The zero-order valence-corrected chi connectivity index (χ0v) is 10.8. The molecule has 1 heterocycles. The number of rotatable bonds is 2. The van der Waals surface area contributed by atoms with Crippen LogP contribution in [0.15, 0.2) is 0 Å². The highest BCUT2D eigenvalue weighted by molar-refractivity contribution is 4.89. The van der Waals surface area contributed by atoms with Gasteiger partial charge in [0.25, 0.3) is 0 Å². The summed E-state index contributed by atoms with van der Waals surface area (Å²) in [6, 6.07) is 0.737. The van der Waals surface area contributed by atoms with E-state index in [-0.39, 0.29) is 5.60 Å². The van der Waals surface area contributed by atoms with Gasteiger partial charge in [0.1, 0.15) is 0 Å². The molecule has 3 heteroatoms. The van der Waals surface area contributed by atoms with Crippen LogP contribution in [-0.2, 0) is 0 Å². The number of hydrogen-bond acceptors (Lipinski definition) is 3. The van der Waals surface area contributed by atoms with Crippen LogP contribution in [0, 0.1) is 0 Å². The Balaban J connectivity index is 1.80. The summed E-state index contributed by atoms with van der Waals surface area (Å²) in [4.78, 5) is 5.04. The molecule has 0 spiro atoms.